The van der Waals surface area contributed by atoms with Gasteiger partial charge in [0, 0.05) is 26.8 Å². The third kappa shape index (κ3) is 2.86. The maximum Gasteiger partial charge on any atom is 0.332 e. The van der Waals surface area contributed by atoms with Crippen LogP contribution in [0.1, 0.15) is 40.9 Å². The van der Waals surface area contributed by atoms with E-state index in [2.05, 4.69) is 4.98 Å². The van der Waals surface area contributed by atoms with E-state index in [-0.39, 0.29) is 28.8 Å². The number of pyridine rings is 1. The monoisotopic (exact) mass is 396 g/mol. The quantitative estimate of drug-likeness (QED) is 0.678. The van der Waals surface area contributed by atoms with E-state index >= 15 is 0 Å². The number of amides is 1. The molecule has 0 N–H and O–H groups in total. The number of carbonyl (C=O) groups excluding carboxylic acids is 1. The molecule has 0 saturated carbocycles. The summed E-state index contributed by atoms with van der Waals surface area (Å²) in [5.74, 6) is -0.583. The number of fused-ring (bicyclic) bond motifs is 1. The third-order valence-electron chi connectivity index (χ3n) is 5.67. The van der Waals surface area contributed by atoms with Gasteiger partial charge in [-0.05, 0) is 36.1 Å². The van der Waals surface area contributed by atoms with Crippen molar-refractivity contribution >= 4 is 16.9 Å². The number of benzene rings is 1. The van der Waals surface area contributed by atoms with Gasteiger partial charge in [-0.3, -0.25) is 18.7 Å². The molecule has 0 spiro atoms. The number of halogens is 1. The van der Waals surface area contributed by atoms with Crippen LogP contribution in [0.3, 0.4) is 0 Å². The summed E-state index contributed by atoms with van der Waals surface area (Å²) in [6, 6.07) is 6.04. The van der Waals surface area contributed by atoms with Crippen LogP contribution in [0.2, 0.25) is 0 Å². The number of nitrogens with zero attached hydrogens (tertiary/aromatic N) is 4. The van der Waals surface area contributed by atoms with Gasteiger partial charge in [0.15, 0.2) is 0 Å². The average Bonchev–Trinajstić information content (AvgIpc) is 2.68. The second-order valence-electron chi connectivity index (χ2n) is 7.27. The maximum absolute atomic E-state index is 13.6. The minimum Gasteiger partial charge on any atom is -0.331 e. The van der Waals surface area contributed by atoms with Crippen LogP contribution in [0.4, 0.5) is 4.39 Å². The zero-order valence-corrected chi connectivity index (χ0v) is 16.5. The van der Waals surface area contributed by atoms with Crippen molar-refractivity contribution in [2.45, 2.75) is 25.8 Å². The van der Waals surface area contributed by atoms with Crippen LogP contribution in [-0.2, 0) is 20.5 Å². The molecule has 2 aromatic heterocycles. The first kappa shape index (κ1) is 19.0. The summed E-state index contributed by atoms with van der Waals surface area (Å²) in [4.78, 5) is 44.2. The topological polar surface area (TPSA) is 77.2 Å². The molecule has 7 nitrogen and oxygen atoms in total. The van der Waals surface area contributed by atoms with Crippen LogP contribution in [-0.4, -0.2) is 31.5 Å². The first-order chi connectivity index (χ1) is 13.8. The van der Waals surface area contributed by atoms with E-state index in [0.29, 0.717) is 24.1 Å². The highest BCUT2D eigenvalue weighted by molar-refractivity contribution is 6.00. The molecule has 8 heteroatoms. The SMILES string of the molecule is CCc1c(C(=O)N2CCC2c2cccc(F)c2)cnc2c1c(=O)n(C)c(=O)n2C. The number of hydrogen-bond acceptors (Lipinski definition) is 4. The van der Waals surface area contributed by atoms with Gasteiger partial charge in [0.1, 0.15) is 11.5 Å². The van der Waals surface area contributed by atoms with Gasteiger partial charge in [0.25, 0.3) is 11.5 Å². The molecule has 29 heavy (non-hydrogen) atoms. The number of hydrogen-bond donors (Lipinski definition) is 0. The van der Waals surface area contributed by atoms with Gasteiger partial charge in [-0.2, -0.15) is 0 Å². The van der Waals surface area contributed by atoms with Gasteiger partial charge < -0.3 is 4.90 Å². The third-order valence-corrected chi connectivity index (χ3v) is 5.67. The Kier molecular flexibility index (Phi) is 4.56. The van der Waals surface area contributed by atoms with Gasteiger partial charge in [-0.15, -0.1) is 0 Å². The lowest BCUT2D eigenvalue weighted by Gasteiger charge is -2.41. The largest absolute Gasteiger partial charge is 0.332 e. The van der Waals surface area contributed by atoms with E-state index in [1.165, 1.54) is 29.9 Å². The lowest BCUT2D eigenvalue weighted by Crippen LogP contribution is -2.45. The van der Waals surface area contributed by atoms with Crippen molar-refractivity contribution in [1.29, 1.82) is 0 Å². The lowest BCUT2D eigenvalue weighted by atomic mass is 9.92. The van der Waals surface area contributed by atoms with E-state index in [4.69, 9.17) is 0 Å². The fourth-order valence-electron chi connectivity index (χ4n) is 3.98. The van der Waals surface area contributed by atoms with E-state index < -0.39 is 11.2 Å². The number of aryl methyl sites for hydroxylation is 2. The summed E-state index contributed by atoms with van der Waals surface area (Å²) in [6.45, 7) is 2.41. The molecule has 1 aliphatic rings. The predicted octanol–water partition coefficient (Wildman–Crippen LogP) is 1.92. The molecule has 1 unspecified atom stereocenters. The molecule has 0 radical (unpaired) electrons. The fourth-order valence-corrected chi connectivity index (χ4v) is 3.98. The second-order valence-corrected chi connectivity index (χ2v) is 7.27. The van der Waals surface area contributed by atoms with Crippen LogP contribution in [0.5, 0.6) is 0 Å². The first-order valence-corrected chi connectivity index (χ1v) is 9.49. The highest BCUT2D eigenvalue weighted by atomic mass is 19.1. The van der Waals surface area contributed by atoms with Crippen LogP contribution in [0.15, 0.2) is 40.1 Å². The smallest absolute Gasteiger partial charge is 0.331 e. The van der Waals surface area contributed by atoms with E-state index in [9.17, 15) is 18.8 Å². The van der Waals surface area contributed by atoms with Crippen LogP contribution < -0.4 is 11.2 Å². The van der Waals surface area contributed by atoms with E-state index in [1.54, 1.807) is 24.1 Å². The van der Waals surface area contributed by atoms with Crippen molar-refractivity contribution in [3.8, 4) is 0 Å². The Labute approximate surface area is 166 Å². The van der Waals surface area contributed by atoms with Crippen molar-refractivity contribution in [2.75, 3.05) is 6.54 Å². The molecule has 1 saturated heterocycles. The molecule has 3 heterocycles. The molecule has 1 amide bonds. The van der Waals surface area contributed by atoms with Crippen molar-refractivity contribution in [2.24, 2.45) is 14.1 Å². The predicted molar refractivity (Wildman–Crippen MR) is 106 cm³/mol. The molecular formula is C21H21FN4O3. The van der Waals surface area contributed by atoms with E-state index in [1.807, 2.05) is 6.92 Å². The molecule has 150 valence electrons. The summed E-state index contributed by atoms with van der Waals surface area (Å²) in [5.41, 5.74) is 0.988. The van der Waals surface area contributed by atoms with Crippen molar-refractivity contribution < 1.29 is 9.18 Å². The number of likely N-dealkylation sites (tertiary alicyclic amines) is 1. The second kappa shape index (κ2) is 6.95. The lowest BCUT2D eigenvalue weighted by molar-refractivity contribution is 0.0458. The average molecular weight is 396 g/mol. The summed E-state index contributed by atoms with van der Waals surface area (Å²) < 4.78 is 15.9. The van der Waals surface area contributed by atoms with Crippen LogP contribution >= 0.6 is 0 Å². The summed E-state index contributed by atoms with van der Waals surface area (Å²) in [5, 5.41) is 0.283. The van der Waals surface area contributed by atoms with Crippen LogP contribution in [0.25, 0.3) is 11.0 Å². The number of rotatable bonds is 3. The van der Waals surface area contributed by atoms with Crippen molar-refractivity contribution in [1.82, 2.24) is 19.0 Å². The number of aromatic nitrogens is 3. The van der Waals surface area contributed by atoms with E-state index in [0.717, 1.165) is 16.6 Å². The fraction of sp³-hybridized carbons (Fsp3) is 0.333. The molecule has 1 aromatic carbocycles. The number of carbonyl (C=O) groups is 1. The Balaban J connectivity index is 1.83. The Hall–Kier alpha value is -3.29. The maximum atomic E-state index is 13.6. The van der Waals surface area contributed by atoms with Gasteiger partial charge in [-0.25, -0.2) is 14.2 Å². The Morgan fingerprint density at radius 2 is 2.00 bits per heavy atom. The molecule has 3 aromatic rings. The van der Waals surface area contributed by atoms with Crippen molar-refractivity contribution in [3.05, 3.63) is 73.8 Å². The molecule has 0 bridgehead atoms. The first-order valence-electron chi connectivity index (χ1n) is 9.49. The van der Waals surface area contributed by atoms with Crippen LogP contribution in [0, 0.1) is 5.82 Å². The summed E-state index contributed by atoms with van der Waals surface area (Å²) in [6.07, 6.45) is 2.61. The van der Waals surface area contributed by atoms with Gasteiger partial charge in [0.2, 0.25) is 0 Å². The van der Waals surface area contributed by atoms with Gasteiger partial charge in [-0.1, -0.05) is 19.1 Å². The highest BCUT2D eigenvalue weighted by Crippen LogP contribution is 2.35. The molecule has 1 aliphatic heterocycles. The Morgan fingerprint density at radius 3 is 2.62 bits per heavy atom. The molecule has 1 fully saturated rings. The molecule has 4 rings (SSSR count). The summed E-state index contributed by atoms with van der Waals surface area (Å²) in [7, 11) is 2.96. The minimum atomic E-state index is -0.468. The zero-order valence-electron chi connectivity index (χ0n) is 16.5. The van der Waals surface area contributed by atoms with Gasteiger partial charge in [0.05, 0.1) is 17.0 Å². The Morgan fingerprint density at radius 1 is 1.24 bits per heavy atom. The summed E-state index contributed by atoms with van der Waals surface area (Å²) >= 11 is 0. The zero-order chi connectivity index (χ0) is 20.9. The normalized spacial score (nSPS) is 16.1. The van der Waals surface area contributed by atoms with Crippen molar-refractivity contribution in [3.63, 3.8) is 0 Å². The molecule has 1 atom stereocenters. The standard InChI is InChI=1S/C21H21FN4O3/c1-4-14-15(11-23-18-17(14)20(28)25(3)21(29)24(18)2)19(27)26-9-8-16(26)12-6-5-7-13(22)10-12/h5-7,10-11,16H,4,8-9H2,1-3H3. The highest BCUT2D eigenvalue weighted by Gasteiger charge is 2.35. The Bertz CT molecular complexity index is 1260. The van der Waals surface area contributed by atoms with Gasteiger partial charge >= 0.3 is 5.69 Å². The minimum absolute atomic E-state index is 0.207. The molecular weight excluding hydrogens is 375 g/mol. The molecule has 0 aliphatic carbocycles.